The summed E-state index contributed by atoms with van der Waals surface area (Å²) in [5.74, 6) is 1.07. The molecule has 0 heterocycles. The maximum Gasteiger partial charge on any atom is 0.203 e. The van der Waals surface area contributed by atoms with Crippen molar-refractivity contribution in [1.29, 1.82) is 0 Å². The van der Waals surface area contributed by atoms with Crippen molar-refractivity contribution in [3.63, 3.8) is 0 Å². The second-order valence-electron chi connectivity index (χ2n) is 3.75. The molecular weight excluding hydrogens is 216 g/mol. The summed E-state index contributed by atoms with van der Waals surface area (Å²) in [6, 6.07) is 5.10. The molecule has 0 fully saturated rings. The minimum Gasteiger partial charge on any atom is -0.504 e. The zero-order valence-electron chi connectivity index (χ0n) is 10.5. The van der Waals surface area contributed by atoms with Crippen molar-refractivity contribution >= 4 is 0 Å². The lowest BCUT2D eigenvalue weighted by atomic mass is 10.2. The number of phenols is 1. The van der Waals surface area contributed by atoms with E-state index in [-0.39, 0.29) is 5.75 Å². The van der Waals surface area contributed by atoms with E-state index in [9.17, 15) is 5.11 Å². The first-order valence-corrected chi connectivity index (χ1v) is 6.02. The fourth-order valence-electron chi connectivity index (χ4n) is 1.41. The minimum atomic E-state index is 0.114. The Morgan fingerprint density at radius 2 is 2.12 bits per heavy atom. The average molecular weight is 236 g/mol. The van der Waals surface area contributed by atoms with Crippen LogP contribution in [0, 0.1) is 0 Å². The van der Waals surface area contributed by atoms with Gasteiger partial charge >= 0.3 is 0 Å². The van der Waals surface area contributed by atoms with Crippen LogP contribution >= 0.6 is 0 Å². The molecule has 0 saturated carbocycles. The van der Waals surface area contributed by atoms with Gasteiger partial charge in [-0.15, -0.1) is 0 Å². The SMILES string of the molecule is CC=COc1cccc(O)c1OCCCCC. The van der Waals surface area contributed by atoms with Crippen LogP contribution in [0.1, 0.15) is 33.1 Å². The van der Waals surface area contributed by atoms with Crippen LogP contribution in [0.5, 0.6) is 17.2 Å². The molecule has 0 aliphatic heterocycles. The molecule has 1 aromatic rings. The number of unbranched alkanes of at least 4 members (excludes halogenated alkanes) is 2. The van der Waals surface area contributed by atoms with Gasteiger partial charge in [-0.05, 0) is 25.5 Å². The van der Waals surface area contributed by atoms with E-state index in [0.717, 1.165) is 19.3 Å². The first-order valence-electron chi connectivity index (χ1n) is 6.02. The molecule has 0 amide bonds. The molecule has 1 N–H and O–H groups in total. The first kappa shape index (κ1) is 13.4. The normalized spacial score (nSPS) is 10.7. The lowest BCUT2D eigenvalue weighted by molar-refractivity contribution is 0.277. The number of hydrogen-bond donors (Lipinski definition) is 1. The summed E-state index contributed by atoms with van der Waals surface area (Å²) in [5, 5.41) is 9.72. The number of hydrogen-bond acceptors (Lipinski definition) is 3. The number of phenolic OH excluding ortho intramolecular Hbond substituents is 1. The van der Waals surface area contributed by atoms with Crippen molar-refractivity contribution in [2.45, 2.75) is 33.1 Å². The largest absolute Gasteiger partial charge is 0.504 e. The van der Waals surface area contributed by atoms with Gasteiger partial charge in [-0.25, -0.2) is 0 Å². The van der Waals surface area contributed by atoms with Gasteiger partial charge in [-0.3, -0.25) is 0 Å². The molecule has 1 rings (SSSR count). The molecule has 3 nitrogen and oxygen atoms in total. The zero-order valence-corrected chi connectivity index (χ0v) is 10.5. The third-order valence-corrected chi connectivity index (χ3v) is 2.28. The molecule has 0 aliphatic carbocycles. The van der Waals surface area contributed by atoms with E-state index in [1.54, 1.807) is 30.5 Å². The highest BCUT2D eigenvalue weighted by atomic mass is 16.5. The van der Waals surface area contributed by atoms with Gasteiger partial charge < -0.3 is 14.6 Å². The first-order chi connectivity index (χ1) is 8.29. The predicted molar refractivity (Wildman–Crippen MR) is 68.6 cm³/mol. The maximum absolute atomic E-state index is 9.72. The Morgan fingerprint density at radius 3 is 2.82 bits per heavy atom. The topological polar surface area (TPSA) is 38.7 Å². The summed E-state index contributed by atoms with van der Waals surface area (Å²) in [7, 11) is 0. The Hall–Kier alpha value is -1.64. The van der Waals surface area contributed by atoms with Gasteiger partial charge in [0.1, 0.15) is 0 Å². The predicted octanol–water partition coefficient (Wildman–Crippen LogP) is 3.87. The van der Waals surface area contributed by atoms with E-state index in [2.05, 4.69) is 6.92 Å². The summed E-state index contributed by atoms with van der Waals surface area (Å²) in [6.45, 7) is 4.60. The van der Waals surface area contributed by atoms with E-state index < -0.39 is 0 Å². The number of benzene rings is 1. The fourth-order valence-corrected chi connectivity index (χ4v) is 1.41. The van der Waals surface area contributed by atoms with Crippen LogP contribution in [0.25, 0.3) is 0 Å². The third kappa shape index (κ3) is 4.39. The van der Waals surface area contributed by atoms with Gasteiger partial charge in [0.25, 0.3) is 0 Å². The second-order valence-corrected chi connectivity index (χ2v) is 3.75. The smallest absolute Gasteiger partial charge is 0.203 e. The van der Waals surface area contributed by atoms with Gasteiger partial charge in [-0.1, -0.05) is 31.9 Å². The molecule has 94 valence electrons. The van der Waals surface area contributed by atoms with Crippen LogP contribution in [0.2, 0.25) is 0 Å². The number of rotatable bonds is 7. The molecule has 0 aliphatic rings. The Kier molecular flexibility index (Phi) is 6.00. The van der Waals surface area contributed by atoms with Crippen LogP contribution in [0.15, 0.2) is 30.5 Å². The van der Waals surface area contributed by atoms with Crippen molar-refractivity contribution in [3.05, 3.63) is 30.5 Å². The summed E-state index contributed by atoms with van der Waals surface area (Å²) >= 11 is 0. The molecule has 0 unspecified atom stereocenters. The molecular formula is C14H20O3. The lowest BCUT2D eigenvalue weighted by Crippen LogP contribution is -1.99. The number of aromatic hydroxyl groups is 1. The van der Waals surface area contributed by atoms with Crippen molar-refractivity contribution in [1.82, 2.24) is 0 Å². The molecule has 0 atom stereocenters. The van der Waals surface area contributed by atoms with E-state index in [1.165, 1.54) is 0 Å². The highest BCUT2D eigenvalue weighted by Gasteiger charge is 2.09. The van der Waals surface area contributed by atoms with Gasteiger partial charge in [0.05, 0.1) is 12.9 Å². The number of para-hydroxylation sites is 1. The Balaban J connectivity index is 2.66. The van der Waals surface area contributed by atoms with Crippen LogP contribution in [0.3, 0.4) is 0 Å². The highest BCUT2D eigenvalue weighted by Crippen LogP contribution is 2.36. The van der Waals surface area contributed by atoms with Crippen LogP contribution in [0.4, 0.5) is 0 Å². The van der Waals surface area contributed by atoms with E-state index in [1.807, 2.05) is 6.92 Å². The summed E-state index contributed by atoms with van der Waals surface area (Å²) in [4.78, 5) is 0. The monoisotopic (exact) mass is 236 g/mol. The number of allylic oxidation sites excluding steroid dienone is 1. The van der Waals surface area contributed by atoms with Crippen molar-refractivity contribution in [3.8, 4) is 17.2 Å². The van der Waals surface area contributed by atoms with Crippen molar-refractivity contribution in [2.24, 2.45) is 0 Å². The summed E-state index contributed by atoms with van der Waals surface area (Å²) in [5.41, 5.74) is 0. The molecule has 0 aromatic heterocycles. The third-order valence-electron chi connectivity index (χ3n) is 2.28. The van der Waals surface area contributed by atoms with E-state index in [4.69, 9.17) is 9.47 Å². The van der Waals surface area contributed by atoms with E-state index >= 15 is 0 Å². The summed E-state index contributed by atoms with van der Waals surface area (Å²) in [6.07, 6.45) is 6.59. The van der Waals surface area contributed by atoms with Crippen molar-refractivity contribution in [2.75, 3.05) is 6.61 Å². The van der Waals surface area contributed by atoms with Gasteiger partial charge in [-0.2, -0.15) is 0 Å². The summed E-state index contributed by atoms with van der Waals surface area (Å²) < 4.78 is 10.9. The molecule has 0 saturated heterocycles. The highest BCUT2D eigenvalue weighted by molar-refractivity contribution is 5.50. The van der Waals surface area contributed by atoms with Gasteiger partial charge in [0, 0.05) is 0 Å². The Bertz CT molecular complexity index is 358. The van der Waals surface area contributed by atoms with Crippen molar-refractivity contribution < 1.29 is 14.6 Å². The molecule has 1 aromatic carbocycles. The van der Waals surface area contributed by atoms with Gasteiger partial charge in [0.2, 0.25) is 5.75 Å². The second kappa shape index (κ2) is 7.60. The zero-order chi connectivity index (χ0) is 12.5. The van der Waals surface area contributed by atoms with E-state index in [0.29, 0.717) is 18.1 Å². The maximum atomic E-state index is 9.72. The lowest BCUT2D eigenvalue weighted by Gasteiger charge is -2.11. The van der Waals surface area contributed by atoms with Crippen LogP contribution in [-0.4, -0.2) is 11.7 Å². The molecule has 0 radical (unpaired) electrons. The average Bonchev–Trinajstić information content (AvgIpc) is 2.34. The Labute approximate surface area is 103 Å². The molecule has 0 bridgehead atoms. The molecule has 3 heteroatoms. The van der Waals surface area contributed by atoms with Crippen LogP contribution < -0.4 is 9.47 Å². The Morgan fingerprint density at radius 1 is 1.29 bits per heavy atom. The molecule has 0 spiro atoms. The standard InChI is InChI=1S/C14H20O3/c1-3-5-6-11-17-14-12(15)8-7-9-13(14)16-10-4-2/h4,7-10,15H,3,5-6,11H2,1-2H3. The minimum absolute atomic E-state index is 0.114. The number of ether oxygens (including phenoxy) is 2. The quantitative estimate of drug-likeness (QED) is 0.577. The van der Waals surface area contributed by atoms with Gasteiger partial charge in [0.15, 0.2) is 11.5 Å². The fraction of sp³-hybridized carbons (Fsp3) is 0.429. The molecule has 17 heavy (non-hydrogen) atoms. The van der Waals surface area contributed by atoms with Crippen LogP contribution in [-0.2, 0) is 0 Å².